The number of amides is 1. The molecular weight excluding hydrogens is 254 g/mol. The lowest BCUT2D eigenvalue weighted by Gasteiger charge is -2.23. The third-order valence-corrected chi connectivity index (χ3v) is 3.88. The average Bonchev–Trinajstić information content (AvgIpc) is 2.72. The van der Waals surface area contributed by atoms with Gasteiger partial charge in [-0.15, -0.1) is 0 Å². The predicted octanol–water partition coefficient (Wildman–Crippen LogP) is 2.66. The van der Waals surface area contributed by atoms with E-state index in [0.29, 0.717) is 5.76 Å². The van der Waals surface area contributed by atoms with Crippen LogP contribution >= 0.6 is 0 Å². The number of carbonyl (C=O) groups excluding carboxylic acids is 1. The molecular formula is C16H23NO3. The lowest BCUT2D eigenvalue weighted by atomic mass is 9.95. The highest BCUT2D eigenvalue weighted by Gasteiger charge is 2.23. The van der Waals surface area contributed by atoms with Crippen molar-refractivity contribution in [1.29, 1.82) is 0 Å². The number of carbonyl (C=O) groups is 1. The third kappa shape index (κ3) is 4.23. The Balaban J connectivity index is 1.90. The summed E-state index contributed by atoms with van der Waals surface area (Å²) < 4.78 is 5.38. The van der Waals surface area contributed by atoms with Crippen molar-refractivity contribution in [3.63, 3.8) is 0 Å². The Morgan fingerprint density at radius 3 is 2.90 bits per heavy atom. The minimum atomic E-state index is -0.121. The summed E-state index contributed by atoms with van der Waals surface area (Å²) in [5.74, 6) is 1.57. The minimum Gasteiger partial charge on any atom is -0.462 e. The second kappa shape index (κ2) is 7.29. The molecule has 0 saturated heterocycles. The quantitative estimate of drug-likeness (QED) is 0.657. The van der Waals surface area contributed by atoms with Gasteiger partial charge in [0.25, 0.3) is 0 Å². The van der Waals surface area contributed by atoms with Crippen LogP contribution in [0.2, 0.25) is 0 Å². The highest BCUT2D eigenvalue weighted by atomic mass is 16.3. The molecule has 20 heavy (non-hydrogen) atoms. The molecule has 1 aromatic rings. The Morgan fingerprint density at radius 2 is 2.20 bits per heavy atom. The number of rotatable bonds is 4. The summed E-state index contributed by atoms with van der Waals surface area (Å²) in [6.07, 6.45) is 8.55. The minimum absolute atomic E-state index is 0.0815. The normalized spacial score (nSPS) is 23.7. The fourth-order valence-electron chi connectivity index (χ4n) is 2.72. The van der Waals surface area contributed by atoms with Gasteiger partial charge in [-0.1, -0.05) is 19.3 Å². The van der Waals surface area contributed by atoms with Crippen LogP contribution in [0.3, 0.4) is 0 Å². The number of aliphatic hydroxyl groups excluding tert-OH is 1. The zero-order valence-electron chi connectivity index (χ0n) is 12.0. The molecule has 0 radical (unpaired) electrons. The number of nitrogens with one attached hydrogen (secondary N) is 1. The van der Waals surface area contributed by atoms with Crippen molar-refractivity contribution in [3.8, 4) is 0 Å². The summed E-state index contributed by atoms with van der Waals surface area (Å²) in [4.78, 5) is 11.9. The molecule has 1 saturated carbocycles. The van der Waals surface area contributed by atoms with E-state index in [-0.39, 0.29) is 24.5 Å². The number of hydrogen-bond acceptors (Lipinski definition) is 3. The molecule has 1 aromatic heterocycles. The Labute approximate surface area is 119 Å². The number of hydrogen-bond donors (Lipinski definition) is 2. The fourth-order valence-corrected chi connectivity index (χ4v) is 2.72. The zero-order valence-corrected chi connectivity index (χ0v) is 12.0. The highest BCUT2D eigenvalue weighted by molar-refractivity contribution is 5.91. The standard InChI is InChI=1S/C16H23NO3/c1-12-7-8-14(20-12)9-10-16(19)17-15-6-4-2-3-5-13(15)11-18/h7-10,13,15,18H,2-6,11H2,1H3,(H,17,19)/b10-9+. The van der Waals surface area contributed by atoms with E-state index >= 15 is 0 Å². The van der Waals surface area contributed by atoms with Crippen LogP contribution in [0.5, 0.6) is 0 Å². The van der Waals surface area contributed by atoms with Crippen LogP contribution in [0.25, 0.3) is 6.08 Å². The first kappa shape index (κ1) is 14.9. The maximum Gasteiger partial charge on any atom is 0.244 e. The van der Waals surface area contributed by atoms with Crippen molar-refractivity contribution in [3.05, 3.63) is 29.7 Å². The topological polar surface area (TPSA) is 62.5 Å². The molecule has 1 aliphatic rings. The molecule has 0 aromatic carbocycles. The summed E-state index contributed by atoms with van der Waals surface area (Å²) in [5.41, 5.74) is 0. The molecule has 1 aliphatic carbocycles. The monoisotopic (exact) mass is 277 g/mol. The maximum absolute atomic E-state index is 11.9. The van der Waals surface area contributed by atoms with E-state index in [0.717, 1.165) is 31.4 Å². The maximum atomic E-state index is 11.9. The highest BCUT2D eigenvalue weighted by Crippen LogP contribution is 2.23. The van der Waals surface area contributed by atoms with Crippen LogP contribution in [0.4, 0.5) is 0 Å². The van der Waals surface area contributed by atoms with E-state index in [4.69, 9.17) is 4.42 Å². The van der Waals surface area contributed by atoms with Gasteiger partial charge in [-0.3, -0.25) is 4.79 Å². The van der Waals surface area contributed by atoms with E-state index < -0.39 is 0 Å². The summed E-state index contributed by atoms with van der Waals surface area (Å²) in [6, 6.07) is 3.78. The second-order valence-corrected chi connectivity index (χ2v) is 5.48. The molecule has 1 amide bonds. The van der Waals surface area contributed by atoms with E-state index in [9.17, 15) is 9.90 Å². The lowest BCUT2D eigenvalue weighted by Crippen LogP contribution is -2.40. The van der Waals surface area contributed by atoms with Crippen molar-refractivity contribution in [2.24, 2.45) is 5.92 Å². The second-order valence-electron chi connectivity index (χ2n) is 5.48. The summed E-state index contributed by atoms with van der Waals surface area (Å²) >= 11 is 0. The first-order valence-electron chi connectivity index (χ1n) is 7.35. The fraction of sp³-hybridized carbons (Fsp3) is 0.562. The van der Waals surface area contributed by atoms with Gasteiger partial charge in [-0.05, 0) is 38.0 Å². The van der Waals surface area contributed by atoms with Crippen molar-refractivity contribution >= 4 is 12.0 Å². The van der Waals surface area contributed by atoms with E-state index in [1.807, 2.05) is 19.1 Å². The Morgan fingerprint density at radius 1 is 1.40 bits per heavy atom. The lowest BCUT2D eigenvalue weighted by molar-refractivity contribution is -0.117. The van der Waals surface area contributed by atoms with Crippen LogP contribution in [0.15, 0.2) is 22.6 Å². The van der Waals surface area contributed by atoms with Gasteiger partial charge >= 0.3 is 0 Å². The molecule has 2 atom stereocenters. The molecule has 4 heteroatoms. The smallest absolute Gasteiger partial charge is 0.244 e. The zero-order chi connectivity index (χ0) is 14.4. The molecule has 2 rings (SSSR count). The molecule has 2 N–H and O–H groups in total. The summed E-state index contributed by atoms with van der Waals surface area (Å²) in [5, 5.41) is 12.4. The SMILES string of the molecule is Cc1ccc(/C=C/C(=O)NC2CCCCCC2CO)o1. The van der Waals surface area contributed by atoms with Gasteiger partial charge in [0.2, 0.25) is 5.91 Å². The van der Waals surface area contributed by atoms with Crippen molar-refractivity contribution in [2.45, 2.75) is 45.1 Å². The molecule has 1 heterocycles. The van der Waals surface area contributed by atoms with Crippen molar-refractivity contribution < 1.29 is 14.3 Å². The average molecular weight is 277 g/mol. The van der Waals surface area contributed by atoms with Crippen LogP contribution in [0.1, 0.15) is 43.6 Å². The van der Waals surface area contributed by atoms with E-state index in [1.165, 1.54) is 12.5 Å². The van der Waals surface area contributed by atoms with Gasteiger partial charge in [-0.2, -0.15) is 0 Å². The van der Waals surface area contributed by atoms with Gasteiger partial charge in [-0.25, -0.2) is 0 Å². The van der Waals surface area contributed by atoms with Gasteiger partial charge in [0, 0.05) is 24.6 Å². The van der Waals surface area contributed by atoms with Crippen molar-refractivity contribution in [1.82, 2.24) is 5.32 Å². The Kier molecular flexibility index (Phi) is 5.41. The third-order valence-electron chi connectivity index (χ3n) is 3.88. The molecule has 4 nitrogen and oxygen atoms in total. The molecule has 0 bridgehead atoms. The first-order valence-corrected chi connectivity index (χ1v) is 7.35. The van der Waals surface area contributed by atoms with Crippen LogP contribution in [-0.2, 0) is 4.79 Å². The Bertz CT molecular complexity index is 464. The number of aryl methyl sites for hydroxylation is 1. The molecule has 0 spiro atoms. The molecule has 2 unspecified atom stereocenters. The van der Waals surface area contributed by atoms with Crippen LogP contribution in [-0.4, -0.2) is 23.7 Å². The largest absolute Gasteiger partial charge is 0.462 e. The first-order chi connectivity index (χ1) is 9.69. The predicted molar refractivity (Wildman–Crippen MR) is 78.1 cm³/mol. The van der Waals surface area contributed by atoms with Crippen LogP contribution < -0.4 is 5.32 Å². The number of furan rings is 1. The molecule has 110 valence electrons. The van der Waals surface area contributed by atoms with Gasteiger partial charge < -0.3 is 14.8 Å². The van der Waals surface area contributed by atoms with Crippen LogP contribution in [0, 0.1) is 12.8 Å². The molecule has 0 aliphatic heterocycles. The summed E-state index contributed by atoms with van der Waals surface area (Å²) in [7, 11) is 0. The molecule has 1 fully saturated rings. The Hall–Kier alpha value is -1.55. The van der Waals surface area contributed by atoms with E-state index in [1.54, 1.807) is 6.08 Å². The summed E-state index contributed by atoms with van der Waals surface area (Å²) in [6.45, 7) is 2.01. The van der Waals surface area contributed by atoms with Crippen molar-refractivity contribution in [2.75, 3.05) is 6.61 Å². The van der Waals surface area contributed by atoms with Gasteiger partial charge in [0.05, 0.1) is 0 Å². The van der Waals surface area contributed by atoms with Gasteiger partial charge in [0.15, 0.2) is 0 Å². The number of aliphatic hydroxyl groups is 1. The van der Waals surface area contributed by atoms with Gasteiger partial charge in [0.1, 0.15) is 11.5 Å². The van der Waals surface area contributed by atoms with E-state index in [2.05, 4.69) is 5.32 Å².